The molecule has 0 bridgehead atoms. The van der Waals surface area contributed by atoms with Gasteiger partial charge in [-0.2, -0.15) is 0 Å². The molecule has 1 nitrogen and oxygen atoms in total. The lowest BCUT2D eigenvalue weighted by Crippen LogP contribution is -1.92. The average Bonchev–Trinajstić information content (AvgIpc) is 2.20. The Morgan fingerprint density at radius 2 is 1.93 bits per heavy atom. The number of thioether (sulfide) groups is 1. The van der Waals surface area contributed by atoms with Crippen molar-refractivity contribution in [3.8, 4) is 11.8 Å². The number of unbranched alkanes of at least 4 members (excludes halogenated alkanes) is 2. The predicted molar refractivity (Wildman–Crippen MR) is 64.5 cm³/mol. The van der Waals surface area contributed by atoms with Gasteiger partial charge in [-0.15, -0.1) is 11.8 Å². The number of carbonyl (C=O) groups is 1. The van der Waals surface area contributed by atoms with Crippen LogP contribution in [-0.2, 0) is 4.79 Å². The molecule has 0 rings (SSSR count). The first-order chi connectivity index (χ1) is 6.81. The highest BCUT2D eigenvalue weighted by Crippen LogP contribution is 2.02. The molecule has 0 unspecified atom stereocenters. The van der Waals surface area contributed by atoms with Gasteiger partial charge in [0.05, 0.1) is 5.75 Å². The molecule has 14 heavy (non-hydrogen) atoms. The Bertz CT molecular complexity index is 200. The van der Waals surface area contributed by atoms with Gasteiger partial charge in [-0.3, -0.25) is 4.79 Å². The molecule has 0 aromatic rings. The summed E-state index contributed by atoms with van der Waals surface area (Å²) in [5, 5.41) is 0. The van der Waals surface area contributed by atoms with E-state index in [0.29, 0.717) is 6.42 Å². The lowest BCUT2D eigenvalue weighted by Gasteiger charge is -1.92. The second kappa shape index (κ2) is 10.7. The first kappa shape index (κ1) is 13.6. The highest BCUT2D eigenvalue weighted by atomic mass is 32.2. The van der Waals surface area contributed by atoms with Crippen LogP contribution >= 0.6 is 11.8 Å². The van der Waals surface area contributed by atoms with E-state index in [4.69, 9.17) is 0 Å². The van der Waals surface area contributed by atoms with Gasteiger partial charge < -0.3 is 0 Å². The Morgan fingerprint density at radius 1 is 1.21 bits per heavy atom. The third-order valence-electron chi connectivity index (χ3n) is 1.80. The standard InChI is InChI=1S/C12H20OS/c1-3-5-8-12(13)9-7-11-14-10-6-4-2/h3-6,8,10-11H2,1-2H3. The molecular weight excluding hydrogens is 192 g/mol. The van der Waals surface area contributed by atoms with Crippen molar-refractivity contribution in [1.29, 1.82) is 0 Å². The number of hydrogen-bond acceptors (Lipinski definition) is 2. The molecule has 0 aliphatic carbocycles. The number of Topliss-reactive ketones (excluding diaryl/α,β-unsaturated/α-hetero) is 1. The normalized spacial score (nSPS) is 9.29. The van der Waals surface area contributed by atoms with E-state index in [2.05, 4.69) is 25.7 Å². The summed E-state index contributed by atoms with van der Waals surface area (Å²) < 4.78 is 0. The Balaban J connectivity index is 3.36. The van der Waals surface area contributed by atoms with E-state index in [-0.39, 0.29) is 5.78 Å². The van der Waals surface area contributed by atoms with Crippen LogP contribution in [0.5, 0.6) is 0 Å². The fourth-order valence-electron chi connectivity index (χ4n) is 0.904. The minimum Gasteiger partial charge on any atom is -0.285 e. The largest absolute Gasteiger partial charge is 0.285 e. The molecule has 0 atom stereocenters. The summed E-state index contributed by atoms with van der Waals surface area (Å²) in [5.74, 6) is 7.67. The molecule has 0 spiro atoms. The Hall–Kier alpha value is -0.420. The number of hydrogen-bond donors (Lipinski definition) is 0. The summed E-state index contributed by atoms with van der Waals surface area (Å²) in [7, 11) is 0. The number of rotatable bonds is 7. The predicted octanol–water partition coefficient (Wildman–Crippen LogP) is 3.28. The van der Waals surface area contributed by atoms with Gasteiger partial charge >= 0.3 is 0 Å². The molecule has 0 amide bonds. The molecule has 0 radical (unpaired) electrons. The van der Waals surface area contributed by atoms with Gasteiger partial charge in [-0.1, -0.05) is 32.6 Å². The number of carbonyl (C=O) groups excluding carboxylic acids is 1. The maximum absolute atomic E-state index is 11.1. The highest BCUT2D eigenvalue weighted by molar-refractivity contribution is 7.99. The van der Waals surface area contributed by atoms with Gasteiger partial charge in [0.25, 0.3) is 0 Å². The van der Waals surface area contributed by atoms with Gasteiger partial charge in [-0.25, -0.2) is 0 Å². The Kier molecular flexibility index (Phi) is 10.3. The maximum atomic E-state index is 11.1. The third-order valence-corrected chi connectivity index (χ3v) is 2.73. The monoisotopic (exact) mass is 212 g/mol. The highest BCUT2D eigenvalue weighted by Gasteiger charge is 1.93. The van der Waals surface area contributed by atoms with Crippen molar-refractivity contribution in [2.75, 3.05) is 11.5 Å². The van der Waals surface area contributed by atoms with Crippen LogP contribution in [0.25, 0.3) is 0 Å². The van der Waals surface area contributed by atoms with Crippen LogP contribution in [0.4, 0.5) is 0 Å². The molecule has 0 aromatic carbocycles. The van der Waals surface area contributed by atoms with Gasteiger partial charge in [-0.05, 0) is 24.5 Å². The SMILES string of the molecule is CCCCSCC#CC(=O)CCCC. The average molecular weight is 212 g/mol. The fraction of sp³-hybridized carbons (Fsp3) is 0.750. The Labute approximate surface area is 92.0 Å². The summed E-state index contributed by atoms with van der Waals surface area (Å²) in [5.41, 5.74) is 0. The topological polar surface area (TPSA) is 17.1 Å². The zero-order chi connectivity index (χ0) is 10.6. The molecule has 0 heterocycles. The van der Waals surface area contributed by atoms with Crippen LogP contribution in [0.3, 0.4) is 0 Å². The van der Waals surface area contributed by atoms with Crippen molar-refractivity contribution in [2.24, 2.45) is 0 Å². The molecular formula is C12H20OS. The molecule has 0 fully saturated rings. The van der Waals surface area contributed by atoms with Crippen molar-refractivity contribution >= 4 is 17.5 Å². The van der Waals surface area contributed by atoms with Crippen LogP contribution in [0, 0.1) is 11.8 Å². The molecule has 0 saturated carbocycles. The molecule has 0 saturated heterocycles. The van der Waals surface area contributed by atoms with E-state index in [9.17, 15) is 4.79 Å². The zero-order valence-electron chi connectivity index (χ0n) is 9.27. The Morgan fingerprint density at radius 3 is 2.57 bits per heavy atom. The molecule has 0 aliphatic heterocycles. The quantitative estimate of drug-likeness (QED) is 0.366. The van der Waals surface area contributed by atoms with E-state index in [1.54, 1.807) is 0 Å². The minimum atomic E-state index is 0.0999. The smallest absolute Gasteiger partial charge is 0.205 e. The van der Waals surface area contributed by atoms with Crippen LogP contribution in [0.1, 0.15) is 46.0 Å². The zero-order valence-corrected chi connectivity index (χ0v) is 10.1. The molecule has 2 heteroatoms. The first-order valence-electron chi connectivity index (χ1n) is 5.40. The summed E-state index contributed by atoms with van der Waals surface area (Å²) in [4.78, 5) is 11.1. The van der Waals surface area contributed by atoms with Gasteiger partial charge in [0.15, 0.2) is 0 Å². The van der Waals surface area contributed by atoms with Gasteiger partial charge in [0.1, 0.15) is 0 Å². The summed E-state index contributed by atoms with van der Waals surface area (Å²) in [6.45, 7) is 4.27. The summed E-state index contributed by atoms with van der Waals surface area (Å²) >= 11 is 1.82. The summed E-state index contributed by atoms with van der Waals surface area (Å²) in [6, 6.07) is 0. The fourth-order valence-corrected chi connectivity index (χ4v) is 1.72. The molecule has 0 aliphatic rings. The van der Waals surface area contributed by atoms with Crippen molar-refractivity contribution < 1.29 is 4.79 Å². The van der Waals surface area contributed by atoms with Crippen LogP contribution in [0.15, 0.2) is 0 Å². The van der Waals surface area contributed by atoms with Gasteiger partial charge in [0, 0.05) is 6.42 Å². The molecule has 80 valence electrons. The van der Waals surface area contributed by atoms with Crippen molar-refractivity contribution in [2.45, 2.75) is 46.0 Å². The van der Waals surface area contributed by atoms with E-state index in [1.165, 1.54) is 12.8 Å². The van der Waals surface area contributed by atoms with E-state index in [0.717, 1.165) is 24.3 Å². The summed E-state index contributed by atoms with van der Waals surface area (Å²) in [6.07, 6.45) is 5.14. The van der Waals surface area contributed by atoms with Crippen molar-refractivity contribution in [1.82, 2.24) is 0 Å². The van der Waals surface area contributed by atoms with E-state index in [1.807, 2.05) is 11.8 Å². The van der Waals surface area contributed by atoms with E-state index < -0.39 is 0 Å². The molecule has 0 aromatic heterocycles. The lowest BCUT2D eigenvalue weighted by atomic mass is 10.2. The first-order valence-corrected chi connectivity index (χ1v) is 6.56. The third kappa shape index (κ3) is 9.67. The maximum Gasteiger partial charge on any atom is 0.205 e. The molecule has 0 N–H and O–H groups in total. The lowest BCUT2D eigenvalue weighted by molar-refractivity contribution is -0.113. The second-order valence-corrected chi connectivity index (χ2v) is 4.34. The van der Waals surface area contributed by atoms with Crippen LogP contribution < -0.4 is 0 Å². The van der Waals surface area contributed by atoms with Crippen LogP contribution in [0.2, 0.25) is 0 Å². The minimum absolute atomic E-state index is 0.0999. The van der Waals surface area contributed by atoms with E-state index >= 15 is 0 Å². The van der Waals surface area contributed by atoms with Gasteiger partial charge in [0.2, 0.25) is 5.78 Å². The second-order valence-electron chi connectivity index (χ2n) is 3.23. The van der Waals surface area contributed by atoms with Crippen LogP contribution in [-0.4, -0.2) is 17.3 Å². The van der Waals surface area contributed by atoms with Crippen molar-refractivity contribution in [3.63, 3.8) is 0 Å². The van der Waals surface area contributed by atoms with Crippen molar-refractivity contribution in [3.05, 3.63) is 0 Å². The number of ketones is 1.